The summed E-state index contributed by atoms with van der Waals surface area (Å²) in [5, 5.41) is 7.79. The maximum absolute atomic E-state index is 12.1. The Hall–Kier alpha value is -0.980. The van der Waals surface area contributed by atoms with E-state index in [-0.39, 0.29) is 15.6 Å². The summed E-state index contributed by atoms with van der Waals surface area (Å²) < 4.78 is 61.2. The molecule has 1 aromatic carbocycles. The van der Waals surface area contributed by atoms with Crippen molar-refractivity contribution in [1.82, 2.24) is 4.72 Å². The molecule has 0 aromatic heterocycles. The summed E-state index contributed by atoms with van der Waals surface area (Å²) in [7, 11) is -4.52. The van der Waals surface area contributed by atoms with E-state index in [1.165, 1.54) is 4.72 Å². The summed E-state index contributed by atoms with van der Waals surface area (Å²) in [6, 6.07) is 2.25. The van der Waals surface area contributed by atoms with Crippen LogP contribution in [0.15, 0.2) is 17.0 Å². The number of aliphatic hydroxyl groups is 1. The zero-order chi connectivity index (χ0) is 16.3. The zero-order valence-electron chi connectivity index (χ0n) is 10.1. The van der Waals surface area contributed by atoms with Gasteiger partial charge in [0.15, 0.2) is 0 Å². The average molecular weight is 362 g/mol. The SMILES string of the molecule is O=S(=O)(NCC(F)(F)F)c1c(Cl)cc(C#CCO)cc1Cl. The van der Waals surface area contributed by atoms with Crippen LogP contribution in [0.2, 0.25) is 10.0 Å². The number of rotatable bonds is 3. The molecule has 2 N–H and O–H groups in total. The van der Waals surface area contributed by atoms with Crippen molar-refractivity contribution in [3.05, 3.63) is 27.7 Å². The van der Waals surface area contributed by atoms with Crippen LogP contribution in [0.4, 0.5) is 13.2 Å². The molecule has 21 heavy (non-hydrogen) atoms. The second kappa shape index (κ2) is 6.85. The predicted octanol–water partition coefficient (Wildman–Crippen LogP) is 2.18. The Morgan fingerprint density at radius 3 is 2.19 bits per heavy atom. The predicted molar refractivity (Wildman–Crippen MR) is 71.7 cm³/mol. The van der Waals surface area contributed by atoms with E-state index in [9.17, 15) is 21.6 Å². The van der Waals surface area contributed by atoms with Gasteiger partial charge in [0.25, 0.3) is 0 Å². The summed E-state index contributed by atoms with van der Waals surface area (Å²) in [4.78, 5) is -0.662. The molecule has 0 heterocycles. The maximum atomic E-state index is 12.1. The van der Waals surface area contributed by atoms with Crippen molar-refractivity contribution in [3.8, 4) is 11.8 Å². The first-order chi connectivity index (χ1) is 9.57. The molecular weight excluding hydrogens is 354 g/mol. The first-order valence-electron chi connectivity index (χ1n) is 5.22. The Morgan fingerprint density at radius 2 is 1.76 bits per heavy atom. The average Bonchev–Trinajstić information content (AvgIpc) is 2.32. The summed E-state index contributed by atoms with van der Waals surface area (Å²) in [6.07, 6.45) is -4.71. The molecule has 0 saturated heterocycles. The molecule has 0 saturated carbocycles. The van der Waals surface area contributed by atoms with Crippen LogP contribution in [-0.2, 0) is 10.0 Å². The number of alkyl halides is 3. The standard InChI is InChI=1S/C11H8Cl2F3NO3S/c12-8-4-7(2-1-3-18)5-9(13)10(8)21(19,20)17-6-11(14,15)16/h4-5,17-18H,3,6H2. The topological polar surface area (TPSA) is 66.4 Å². The molecular formula is C11H8Cl2F3NO3S. The van der Waals surface area contributed by atoms with Gasteiger partial charge in [0.2, 0.25) is 10.0 Å². The highest BCUT2D eigenvalue weighted by Gasteiger charge is 2.31. The molecule has 10 heteroatoms. The Kier molecular flexibility index (Phi) is 5.90. The summed E-state index contributed by atoms with van der Waals surface area (Å²) in [5.74, 6) is 4.74. The smallest absolute Gasteiger partial charge is 0.384 e. The van der Waals surface area contributed by atoms with Crippen LogP contribution in [0.5, 0.6) is 0 Å². The molecule has 0 aliphatic heterocycles. The van der Waals surface area contributed by atoms with Crippen molar-refractivity contribution in [1.29, 1.82) is 0 Å². The first kappa shape index (κ1) is 18.1. The number of aliphatic hydroxyl groups excluding tert-OH is 1. The van der Waals surface area contributed by atoms with E-state index in [2.05, 4.69) is 11.8 Å². The molecule has 0 aliphatic carbocycles. The van der Waals surface area contributed by atoms with E-state index < -0.39 is 34.2 Å². The molecule has 0 fully saturated rings. The number of nitrogens with one attached hydrogen (secondary N) is 1. The van der Waals surface area contributed by atoms with Crippen LogP contribution >= 0.6 is 23.2 Å². The van der Waals surface area contributed by atoms with Gasteiger partial charge in [-0.1, -0.05) is 35.0 Å². The van der Waals surface area contributed by atoms with E-state index in [0.717, 1.165) is 12.1 Å². The normalized spacial score (nSPS) is 11.9. The van der Waals surface area contributed by atoms with Crippen LogP contribution in [0, 0.1) is 11.8 Å². The lowest BCUT2D eigenvalue weighted by atomic mass is 10.2. The van der Waals surface area contributed by atoms with E-state index >= 15 is 0 Å². The summed E-state index contributed by atoms with van der Waals surface area (Å²) >= 11 is 11.5. The third-order valence-corrected chi connectivity index (χ3v) is 4.36. The minimum Gasteiger partial charge on any atom is -0.384 e. The van der Waals surface area contributed by atoms with Crippen molar-refractivity contribution in [2.24, 2.45) is 0 Å². The van der Waals surface area contributed by atoms with Gasteiger partial charge in [0.05, 0.1) is 10.0 Å². The van der Waals surface area contributed by atoms with Crippen molar-refractivity contribution >= 4 is 33.2 Å². The fourth-order valence-electron chi connectivity index (χ4n) is 1.28. The van der Waals surface area contributed by atoms with E-state index in [1.807, 2.05) is 0 Å². The Morgan fingerprint density at radius 1 is 1.24 bits per heavy atom. The minimum atomic E-state index is -4.71. The van der Waals surface area contributed by atoms with Crippen molar-refractivity contribution in [2.75, 3.05) is 13.2 Å². The lowest BCUT2D eigenvalue weighted by Crippen LogP contribution is -2.34. The monoisotopic (exact) mass is 361 g/mol. The lowest BCUT2D eigenvalue weighted by Gasteiger charge is -2.12. The number of hydrogen-bond donors (Lipinski definition) is 2. The molecule has 0 bridgehead atoms. The van der Waals surface area contributed by atoms with Gasteiger partial charge in [-0.3, -0.25) is 0 Å². The molecule has 0 unspecified atom stereocenters. The summed E-state index contributed by atoms with van der Waals surface area (Å²) in [5.41, 5.74) is 0.217. The zero-order valence-corrected chi connectivity index (χ0v) is 12.5. The highest BCUT2D eigenvalue weighted by atomic mass is 35.5. The quantitative estimate of drug-likeness (QED) is 0.811. The summed E-state index contributed by atoms with van der Waals surface area (Å²) in [6.45, 7) is -2.17. The fraction of sp³-hybridized carbons (Fsp3) is 0.273. The van der Waals surface area contributed by atoms with Crippen LogP contribution in [0.3, 0.4) is 0 Å². The molecule has 1 aromatic rings. The molecule has 116 valence electrons. The van der Waals surface area contributed by atoms with Crippen LogP contribution in [0.1, 0.15) is 5.56 Å². The second-order valence-corrected chi connectivity index (χ2v) is 6.19. The second-order valence-electron chi connectivity index (χ2n) is 3.67. The molecule has 0 radical (unpaired) electrons. The van der Waals surface area contributed by atoms with E-state index in [1.54, 1.807) is 0 Å². The third-order valence-electron chi connectivity index (χ3n) is 2.04. The third kappa shape index (κ3) is 5.37. The first-order valence-corrected chi connectivity index (χ1v) is 7.46. The van der Waals surface area contributed by atoms with Gasteiger partial charge in [-0.05, 0) is 12.1 Å². The number of sulfonamides is 1. The molecule has 0 spiro atoms. The minimum absolute atomic E-state index is 0.217. The maximum Gasteiger partial charge on any atom is 0.402 e. The van der Waals surface area contributed by atoms with Gasteiger partial charge in [-0.15, -0.1) is 0 Å². The van der Waals surface area contributed by atoms with Crippen molar-refractivity contribution < 1.29 is 26.7 Å². The highest BCUT2D eigenvalue weighted by molar-refractivity contribution is 7.89. The van der Waals surface area contributed by atoms with E-state index in [4.69, 9.17) is 28.3 Å². The van der Waals surface area contributed by atoms with Gasteiger partial charge in [-0.25, -0.2) is 13.1 Å². The van der Waals surface area contributed by atoms with Gasteiger partial charge >= 0.3 is 6.18 Å². The van der Waals surface area contributed by atoms with Crippen LogP contribution < -0.4 is 4.72 Å². The Bertz CT molecular complexity index is 670. The molecule has 0 aliphatic rings. The molecule has 1 rings (SSSR count). The van der Waals surface area contributed by atoms with Crippen LogP contribution in [0.25, 0.3) is 0 Å². The van der Waals surface area contributed by atoms with Gasteiger partial charge in [-0.2, -0.15) is 13.2 Å². The number of hydrogen-bond acceptors (Lipinski definition) is 3. The van der Waals surface area contributed by atoms with Gasteiger partial charge < -0.3 is 5.11 Å². The lowest BCUT2D eigenvalue weighted by molar-refractivity contribution is -0.121. The Balaban J connectivity index is 3.19. The van der Waals surface area contributed by atoms with E-state index in [0.29, 0.717) is 0 Å². The molecule has 0 atom stereocenters. The van der Waals surface area contributed by atoms with Crippen molar-refractivity contribution in [3.63, 3.8) is 0 Å². The van der Waals surface area contributed by atoms with Gasteiger partial charge in [0.1, 0.15) is 18.0 Å². The van der Waals surface area contributed by atoms with Gasteiger partial charge in [0, 0.05) is 5.56 Å². The number of halogens is 5. The highest BCUT2D eigenvalue weighted by Crippen LogP contribution is 2.31. The number of benzene rings is 1. The van der Waals surface area contributed by atoms with Crippen LogP contribution in [-0.4, -0.2) is 32.9 Å². The molecule has 0 amide bonds. The molecule has 4 nitrogen and oxygen atoms in total. The fourth-order valence-corrected chi connectivity index (χ4v) is 3.51. The largest absolute Gasteiger partial charge is 0.402 e. The Labute approximate surface area is 128 Å². The van der Waals surface area contributed by atoms with Crippen molar-refractivity contribution in [2.45, 2.75) is 11.1 Å².